The van der Waals surface area contributed by atoms with E-state index in [4.69, 9.17) is 4.74 Å². The minimum Gasteiger partial charge on any atom is -0.370 e. The summed E-state index contributed by atoms with van der Waals surface area (Å²) in [5.41, 5.74) is 3.09. The van der Waals surface area contributed by atoms with Gasteiger partial charge >= 0.3 is 0 Å². The lowest BCUT2D eigenvalue weighted by Crippen LogP contribution is -2.38. The molecule has 0 saturated carbocycles. The summed E-state index contributed by atoms with van der Waals surface area (Å²) in [6, 6.07) is 15.5. The van der Waals surface area contributed by atoms with Crippen LogP contribution in [0, 0.1) is 11.3 Å². The van der Waals surface area contributed by atoms with Gasteiger partial charge in [-0.15, -0.1) is 0 Å². The molecule has 1 unspecified atom stereocenters. The summed E-state index contributed by atoms with van der Waals surface area (Å²) in [5.74, 6) is -0.00228. The van der Waals surface area contributed by atoms with Crippen molar-refractivity contribution < 1.29 is 9.53 Å². The molecule has 122 valence electrons. The van der Waals surface area contributed by atoms with E-state index in [1.165, 1.54) is 6.92 Å². The molecule has 1 saturated heterocycles. The molecular weight excluding hydrogens is 368 g/mol. The molecular formula is C19H17BrN2O2. The summed E-state index contributed by atoms with van der Waals surface area (Å²) in [6.07, 6.45) is -0.0659. The van der Waals surface area contributed by atoms with Gasteiger partial charge in [-0.25, -0.2) is 0 Å². The van der Waals surface area contributed by atoms with E-state index in [2.05, 4.69) is 26.9 Å². The maximum Gasteiger partial charge on any atom is 0.159 e. The quantitative estimate of drug-likeness (QED) is 0.747. The van der Waals surface area contributed by atoms with Gasteiger partial charge in [0.05, 0.1) is 17.9 Å². The Balaban J connectivity index is 1.91. The van der Waals surface area contributed by atoms with Crippen molar-refractivity contribution >= 4 is 27.4 Å². The van der Waals surface area contributed by atoms with Crippen molar-refractivity contribution in [1.29, 1.82) is 5.26 Å². The first-order valence-electron chi connectivity index (χ1n) is 7.75. The van der Waals surface area contributed by atoms with Crippen molar-refractivity contribution in [3.63, 3.8) is 0 Å². The van der Waals surface area contributed by atoms with Crippen LogP contribution in [0.1, 0.15) is 34.5 Å². The molecule has 0 radical (unpaired) electrons. The Morgan fingerprint density at radius 1 is 1.33 bits per heavy atom. The number of hydrogen-bond donors (Lipinski definition) is 0. The molecule has 1 aliphatic heterocycles. The fourth-order valence-electron chi connectivity index (χ4n) is 2.88. The molecule has 24 heavy (non-hydrogen) atoms. The smallest absolute Gasteiger partial charge is 0.159 e. The highest BCUT2D eigenvalue weighted by atomic mass is 79.9. The number of ketones is 1. The van der Waals surface area contributed by atoms with Gasteiger partial charge in [-0.3, -0.25) is 4.79 Å². The summed E-state index contributed by atoms with van der Waals surface area (Å²) in [7, 11) is 0. The van der Waals surface area contributed by atoms with Gasteiger partial charge in [0.25, 0.3) is 0 Å². The van der Waals surface area contributed by atoms with E-state index < -0.39 is 0 Å². The van der Waals surface area contributed by atoms with E-state index in [0.717, 1.165) is 15.7 Å². The lowest BCUT2D eigenvalue weighted by Gasteiger charge is -2.35. The van der Waals surface area contributed by atoms with Crippen LogP contribution in [0.25, 0.3) is 0 Å². The second-order valence-corrected chi connectivity index (χ2v) is 6.68. The van der Waals surface area contributed by atoms with Crippen molar-refractivity contribution in [2.45, 2.75) is 13.0 Å². The largest absolute Gasteiger partial charge is 0.370 e. The third-order valence-electron chi connectivity index (χ3n) is 4.15. The Morgan fingerprint density at radius 3 is 2.88 bits per heavy atom. The number of rotatable bonds is 3. The highest BCUT2D eigenvalue weighted by Gasteiger charge is 2.24. The van der Waals surface area contributed by atoms with E-state index >= 15 is 0 Å². The number of morpholine rings is 1. The summed E-state index contributed by atoms with van der Waals surface area (Å²) < 4.78 is 6.92. The van der Waals surface area contributed by atoms with Gasteiger partial charge in [-0.1, -0.05) is 28.1 Å². The van der Waals surface area contributed by atoms with Crippen LogP contribution in [0.2, 0.25) is 0 Å². The van der Waals surface area contributed by atoms with Gasteiger partial charge in [0.1, 0.15) is 12.2 Å². The molecule has 0 bridgehead atoms. The zero-order chi connectivity index (χ0) is 17.1. The topological polar surface area (TPSA) is 53.3 Å². The third-order valence-corrected chi connectivity index (χ3v) is 4.65. The highest BCUT2D eigenvalue weighted by Crippen LogP contribution is 2.30. The van der Waals surface area contributed by atoms with Crippen LogP contribution < -0.4 is 4.90 Å². The first-order valence-corrected chi connectivity index (χ1v) is 8.55. The molecule has 3 rings (SSSR count). The predicted octanol–water partition coefficient (Wildman–Crippen LogP) is 4.10. The van der Waals surface area contributed by atoms with Crippen LogP contribution in [0.4, 0.5) is 5.69 Å². The first kappa shape index (κ1) is 16.7. The Bertz CT molecular complexity index is 813. The van der Waals surface area contributed by atoms with Crippen LogP contribution in [-0.4, -0.2) is 25.5 Å². The molecule has 5 heteroatoms. The SMILES string of the molecule is CC(=O)c1ccc(C#N)c(N2CCOC(c3cccc(Br)c3)C2)c1. The number of ether oxygens (including phenoxy) is 1. The van der Waals surface area contributed by atoms with Gasteiger partial charge in [-0.05, 0) is 42.8 Å². The zero-order valence-electron chi connectivity index (χ0n) is 13.3. The summed E-state index contributed by atoms with van der Waals surface area (Å²) in [6.45, 7) is 3.45. The first-order chi connectivity index (χ1) is 11.6. The van der Waals surface area contributed by atoms with Gasteiger partial charge in [-0.2, -0.15) is 5.26 Å². The predicted molar refractivity (Wildman–Crippen MR) is 96.2 cm³/mol. The second kappa shape index (κ2) is 7.16. The number of benzene rings is 2. The van der Waals surface area contributed by atoms with Crippen molar-refractivity contribution in [2.75, 3.05) is 24.6 Å². The van der Waals surface area contributed by atoms with Crippen molar-refractivity contribution in [1.82, 2.24) is 0 Å². The van der Waals surface area contributed by atoms with Crippen LogP contribution in [0.15, 0.2) is 46.9 Å². The monoisotopic (exact) mass is 384 g/mol. The lowest BCUT2D eigenvalue weighted by molar-refractivity contribution is 0.0397. The van der Waals surface area contributed by atoms with Crippen LogP contribution in [0.5, 0.6) is 0 Å². The van der Waals surface area contributed by atoms with E-state index in [1.54, 1.807) is 12.1 Å². The average molecular weight is 385 g/mol. The van der Waals surface area contributed by atoms with Crippen LogP contribution >= 0.6 is 15.9 Å². The minimum absolute atomic E-state index is 0.00228. The van der Waals surface area contributed by atoms with Crippen molar-refractivity contribution in [3.8, 4) is 6.07 Å². The Hall–Kier alpha value is -2.16. The molecule has 2 aromatic carbocycles. The molecule has 4 nitrogen and oxygen atoms in total. The van der Waals surface area contributed by atoms with Gasteiger partial charge in [0.2, 0.25) is 0 Å². The van der Waals surface area contributed by atoms with E-state index in [0.29, 0.717) is 30.8 Å². The zero-order valence-corrected chi connectivity index (χ0v) is 14.9. The van der Waals surface area contributed by atoms with E-state index in [1.807, 2.05) is 30.3 Å². The van der Waals surface area contributed by atoms with Crippen molar-refractivity contribution in [2.24, 2.45) is 0 Å². The standard InChI is InChI=1S/C19H17BrN2O2/c1-13(23)14-5-6-16(11-21)18(10-14)22-7-8-24-19(12-22)15-3-2-4-17(20)9-15/h2-6,9-10,19H,7-8,12H2,1H3. The fraction of sp³-hybridized carbons (Fsp3) is 0.263. The summed E-state index contributed by atoms with van der Waals surface area (Å²) in [5, 5.41) is 9.40. The Labute approximate surface area is 149 Å². The van der Waals surface area contributed by atoms with E-state index in [-0.39, 0.29) is 11.9 Å². The number of nitrogens with zero attached hydrogens (tertiary/aromatic N) is 2. The molecule has 0 aromatic heterocycles. The highest BCUT2D eigenvalue weighted by molar-refractivity contribution is 9.10. The van der Waals surface area contributed by atoms with Gasteiger partial charge in [0, 0.05) is 23.1 Å². The van der Waals surface area contributed by atoms with Gasteiger partial charge in [0.15, 0.2) is 5.78 Å². The van der Waals surface area contributed by atoms with Crippen LogP contribution in [0.3, 0.4) is 0 Å². The molecule has 0 amide bonds. The average Bonchev–Trinajstić information content (AvgIpc) is 2.61. The third kappa shape index (κ3) is 3.50. The number of anilines is 1. The molecule has 0 aliphatic carbocycles. The number of hydrogen-bond acceptors (Lipinski definition) is 4. The van der Waals surface area contributed by atoms with Crippen molar-refractivity contribution in [3.05, 3.63) is 63.6 Å². The van der Waals surface area contributed by atoms with Crippen LogP contribution in [-0.2, 0) is 4.74 Å². The molecule has 1 heterocycles. The molecule has 1 fully saturated rings. The maximum atomic E-state index is 11.7. The number of halogens is 1. The Kier molecular flexibility index (Phi) is 4.98. The second-order valence-electron chi connectivity index (χ2n) is 5.76. The molecule has 0 N–H and O–H groups in total. The molecule has 1 atom stereocenters. The molecule has 2 aromatic rings. The van der Waals surface area contributed by atoms with Gasteiger partial charge < -0.3 is 9.64 Å². The number of carbonyl (C=O) groups is 1. The fourth-order valence-corrected chi connectivity index (χ4v) is 3.30. The number of carbonyl (C=O) groups excluding carboxylic acids is 1. The normalized spacial score (nSPS) is 17.4. The molecule has 1 aliphatic rings. The maximum absolute atomic E-state index is 11.7. The summed E-state index contributed by atoms with van der Waals surface area (Å²) >= 11 is 3.49. The number of nitriles is 1. The lowest BCUT2D eigenvalue weighted by atomic mass is 10.0. The minimum atomic E-state index is -0.0659. The summed E-state index contributed by atoms with van der Waals surface area (Å²) in [4.78, 5) is 13.8. The Morgan fingerprint density at radius 2 is 2.17 bits per heavy atom. The number of Topliss-reactive ketones (excluding diaryl/α,β-unsaturated/α-hetero) is 1. The molecule has 0 spiro atoms. The van der Waals surface area contributed by atoms with E-state index in [9.17, 15) is 10.1 Å².